The highest BCUT2D eigenvalue weighted by atomic mass is 32.2. The first-order chi connectivity index (χ1) is 15.1. The van der Waals surface area contributed by atoms with E-state index in [2.05, 4.69) is 10.3 Å². The van der Waals surface area contributed by atoms with Gasteiger partial charge in [0.1, 0.15) is 5.03 Å². The Morgan fingerprint density at radius 3 is 2.50 bits per heavy atom. The number of aryl methyl sites for hydroxylation is 1. The van der Waals surface area contributed by atoms with Gasteiger partial charge in [0.15, 0.2) is 15.3 Å². The summed E-state index contributed by atoms with van der Waals surface area (Å²) in [6.45, 7) is 8.86. The Hall–Kier alpha value is -3.13. The molecule has 0 spiro atoms. The van der Waals surface area contributed by atoms with Gasteiger partial charge < -0.3 is 15.0 Å². The molecule has 0 radical (unpaired) electrons. The molecular formula is C24H28N2O5S. The number of hydrogen-bond donors (Lipinski definition) is 2. The zero-order chi connectivity index (χ0) is 23.6. The van der Waals surface area contributed by atoms with Gasteiger partial charge in [0.25, 0.3) is 0 Å². The van der Waals surface area contributed by atoms with Crippen molar-refractivity contribution in [1.82, 2.24) is 4.98 Å². The SMILES string of the molecule is CCOC(=O)c1ccccc1NC(C)c1cc(C)cc2c(=O)c(C)c(S(=O)(=O)CC)[nH]c12. The minimum Gasteiger partial charge on any atom is -0.462 e. The molecule has 7 nitrogen and oxygen atoms in total. The Kier molecular flexibility index (Phi) is 6.74. The summed E-state index contributed by atoms with van der Waals surface area (Å²) in [5, 5.41) is 3.70. The van der Waals surface area contributed by atoms with Crippen LogP contribution in [0, 0.1) is 13.8 Å². The molecule has 170 valence electrons. The summed E-state index contributed by atoms with van der Waals surface area (Å²) in [5.41, 5.74) is 2.92. The quantitative estimate of drug-likeness (QED) is 0.514. The maximum Gasteiger partial charge on any atom is 0.340 e. The average Bonchev–Trinajstić information content (AvgIpc) is 2.76. The fourth-order valence-electron chi connectivity index (χ4n) is 3.75. The van der Waals surface area contributed by atoms with Gasteiger partial charge in [0.2, 0.25) is 0 Å². The number of benzene rings is 2. The van der Waals surface area contributed by atoms with Crippen molar-refractivity contribution in [2.45, 2.75) is 45.7 Å². The van der Waals surface area contributed by atoms with E-state index in [1.807, 2.05) is 26.0 Å². The van der Waals surface area contributed by atoms with Crippen molar-refractivity contribution in [3.8, 4) is 0 Å². The molecule has 0 fully saturated rings. The topological polar surface area (TPSA) is 105 Å². The van der Waals surface area contributed by atoms with Gasteiger partial charge in [-0.3, -0.25) is 4.79 Å². The van der Waals surface area contributed by atoms with Gasteiger partial charge in [-0.25, -0.2) is 13.2 Å². The molecular weight excluding hydrogens is 428 g/mol. The minimum atomic E-state index is -3.62. The predicted octanol–water partition coefficient (Wildman–Crippen LogP) is 4.29. The van der Waals surface area contributed by atoms with Gasteiger partial charge in [-0.2, -0.15) is 0 Å². The summed E-state index contributed by atoms with van der Waals surface area (Å²) in [7, 11) is -3.62. The van der Waals surface area contributed by atoms with Gasteiger partial charge in [-0.1, -0.05) is 25.1 Å². The number of pyridine rings is 1. The highest BCUT2D eigenvalue weighted by molar-refractivity contribution is 7.91. The molecule has 32 heavy (non-hydrogen) atoms. The lowest BCUT2D eigenvalue weighted by atomic mass is 9.99. The van der Waals surface area contributed by atoms with E-state index < -0.39 is 15.8 Å². The standard InChI is InChI=1S/C24H28N2O5S/c1-6-31-24(28)17-10-8-9-11-20(17)25-16(5)18-12-14(3)13-19-21(18)26-23(15(4)22(19)27)32(29,30)7-2/h8-13,16,25H,6-7H2,1-5H3,(H,26,27). The first kappa shape index (κ1) is 23.5. The number of sulfone groups is 1. The Bertz CT molecular complexity index is 1340. The molecule has 8 heteroatoms. The molecule has 0 bridgehead atoms. The van der Waals surface area contributed by atoms with Gasteiger partial charge in [-0.05, 0) is 57.0 Å². The number of carbonyl (C=O) groups excluding carboxylic acids is 1. The molecule has 0 aliphatic carbocycles. The monoisotopic (exact) mass is 456 g/mol. The first-order valence-electron chi connectivity index (χ1n) is 10.5. The number of hydrogen-bond acceptors (Lipinski definition) is 6. The second kappa shape index (κ2) is 9.16. The number of para-hydroxylation sites is 1. The minimum absolute atomic E-state index is 0.0540. The Balaban J connectivity index is 2.18. The second-order valence-electron chi connectivity index (χ2n) is 7.72. The number of anilines is 1. The van der Waals surface area contributed by atoms with E-state index in [9.17, 15) is 18.0 Å². The smallest absolute Gasteiger partial charge is 0.340 e. The lowest BCUT2D eigenvalue weighted by Gasteiger charge is -2.21. The lowest BCUT2D eigenvalue weighted by molar-refractivity contribution is 0.0527. The third-order valence-corrected chi connectivity index (χ3v) is 7.22. The lowest BCUT2D eigenvalue weighted by Crippen LogP contribution is -2.19. The Morgan fingerprint density at radius 2 is 1.84 bits per heavy atom. The number of H-pyrrole nitrogens is 1. The fourth-order valence-corrected chi connectivity index (χ4v) is 4.85. The van der Waals surface area contributed by atoms with Gasteiger partial charge >= 0.3 is 5.97 Å². The molecule has 0 aliphatic heterocycles. The van der Waals surface area contributed by atoms with Crippen LogP contribution >= 0.6 is 0 Å². The van der Waals surface area contributed by atoms with Crippen LogP contribution in [-0.2, 0) is 14.6 Å². The van der Waals surface area contributed by atoms with Crippen LogP contribution < -0.4 is 10.7 Å². The van der Waals surface area contributed by atoms with Crippen LogP contribution in [0.25, 0.3) is 10.9 Å². The summed E-state index contributed by atoms with van der Waals surface area (Å²) in [6.07, 6.45) is 0. The molecule has 1 unspecified atom stereocenters. The van der Waals surface area contributed by atoms with E-state index in [1.54, 1.807) is 38.1 Å². The molecule has 0 amide bonds. The molecule has 1 aromatic heterocycles. The van der Waals surface area contributed by atoms with Crippen LogP contribution in [0.5, 0.6) is 0 Å². The van der Waals surface area contributed by atoms with E-state index >= 15 is 0 Å². The normalized spacial score (nSPS) is 12.5. The predicted molar refractivity (Wildman–Crippen MR) is 126 cm³/mol. The second-order valence-corrected chi connectivity index (χ2v) is 9.94. The number of ether oxygens (including phenoxy) is 1. The van der Waals surface area contributed by atoms with E-state index in [0.717, 1.165) is 11.1 Å². The third kappa shape index (κ3) is 4.41. The molecule has 0 aliphatic rings. The number of aromatic nitrogens is 1. The summed E-state index contributed by atoms with van der Waals surface area (Å²) in [6, 6.07) is 10.3. The van der Waals surface area contributed by atoms with Crippen LogP contribution in [0.3, 0.4) is 0 Å². The Morgan fingerprint density at radius 1 is 1.16 bits per heavy atom. The van der Waals surface area contributed by atoms with E-state index in [4.69, 9.17) is 4.74 Å². The summed E-state index contributed by atoms with van der Waals surface area (Å²) in [5.74, 6) is -0.547. The van der Waals surface area contributed by atoms with Crippen molar-refractivity contribution in [2.24, 2.45) is 0 Å². The van der Waals surface area contributed by atoms with E-state index in [-0.39, 0.29) is 34.4 Å². The highest BCUT2D eigenvalue weighted by Gasteiger charge is 2.22. The molecule has 1 heterocycles. The van der Waals surface area contributed by atoms with Crippen LogP contribution in [-0.4, -0.2) is 31.7 Å². The van der Waals surface area contributed by atoms with Crippen LogP contribution in [0.4, 0.5) is 5.69 Å². The van der Waals surface area contributed by atoms with Gasteiger partial charge in [0.05, 0.1) is 29.5 Å². The van der Waals surface area contributed by atoms with Crippen molar-refractivity contribution >= 4 is 32.4 Å². The summed E-state index contributed by atoms with van der Waals surface area (Å²) in [4.78, 5) is 28.4. The summed E-state index contributed by atoms with van der Waals surface area (Å²) >= 11 is 0. The zero-order valence-electron chi connectivity index (χ0n) is 18.9. The van der Waals surface area contributed by atoms with Crippen molar-refractivity contribution in [3.63, 3.8) is 0 Å². The van der Waals surface area contributed by atoms with Crippen LogP contribution in [0.15, 0.2) is 46.2 Å². The van der Waals surface area contributed by atoms with Crippen LogP contribution in [0.1, 0.15) is 53.9 Å². The number of carbonyl (C=O) groups is 1. The number of esters is 1. The Labute approximate surface area is 187 Å². The summed E-state index contributed by atoms with van der Waals surface area (Å²) < 4.78 is 30.3. The van der Waals surface area contributed by atoms with E-state index in [1.165, 1.54) is 6.92 Å². The zero-order valence-corrected chi connectivity index (χ0v) is 19.7. The van der Waals surface area contributed by atoms with Crippen molar-refractivity contribution in [1.29, 1.82) is 0 Å². The maximum absolute atomic E-state index is 13.0. The number of fused-ring (bicyclic) bond motifs is 1. The molecule has 2 aromatic carbocycles. The average molecular weight is 457 g/mol. The number of rotatable bonds is 7. The molecule has 3 aromatic rings. The van der Waals surface area contributed by atoms with Crippen LogP contribution in [0.2, 0.25) is 0 Å². The van der Waals surface area contributed by atoms with Crippen molar-refractivity contribution in [3.05, 3.63) is 68.9 Å². The number of aromatic amines is 1. The highest BCUT2D eigenvalue weighted by Crippen LogP contribution is 2.29. The van der Waals surface area contributed by atoms with E-state index in [0.29, 0.717) is 22.2 Å². The van der Waals surface area contributed by atoms with Gasteiger partial charge in [-0.15, -0.1) is 0 Å². The van der Waals surface area contributed by atoms with Crippen molar-refractivity contribution in [2.75, 3.05) is 17.7 Å². The fraction of sp³-hybridized carbons (Fsp3) is 0.333. The maximum atomic E-state index is 13.0. The first-order valence-corrected chi connectivity index (χ1v) is 12.2. The van der Waals surface area contributed by atoms with Crippen molar-refractivity contribution < 1.29 is 17.9 Å². The largest absolute Gasteiger partial charge is 0.462 e. The molecule has 3 rings (SSSR count). The molecule has 0 saturated carbocycles. The van der Waals surface area contributed by atoms with Gasteiger partial charge in [0, 0.05) is 16.6 Å². The number of nitrogens with one attached hydrogen (secondary N) is 2. The molecule has 2 N–H and O–H groups in total. The molecule has 1 atom stereocenters. The molecule has 0 saturated heterocycles. The third-order valence-electron chi connectivity index (χ3n) is 5.43.